The number of morpholine rings is 1. The number of benzene rings is 1. The normalized spacial score (nSPS) is 20.2. The van der Waals surface area contributed by atoms with Gasteiger partial charge in [-0.15, -0.1) is 0 Å². The summed E-state index contributed by atoms with van der Waals surface area (Å²) in [6.07, 6.45) is 0.562. The van der Waals surface area contributed by atoms with Gasteiger partial charge in [-0.3, -0.25) is 14.5 Å². The van der Waals surface area contributed by atoms with Gasteiger partial charge in [0.15, 0.2) is 0 Å². The molecule has 0 unspecified atom stereocenters. The van der Waals surface area contributed by atoms with Crippen molar-refractivity contribution < 1.29 is 33.4 Å². The van der Waals surface area contributed by atoms with E-state index >= 15 is 0 Å². The highest BCUT2D eigenvalue weighted by molar-refractivity contribution is 6.46. The summed E-state index contributed by atoms with van der Waals surface area (Å²) in [5.74, 6) is -3.38. The van der Waals surface area contributed by atoms with E-state index in [1.807, 2.05) is 0 Å². The molecule has 0 aliphatic carbocycles. The molecule has 2 fully saturated rings. The first-order valence-electron chi connectivity index (χ1n) is 11.9. The fourth-order valence-electron chi connectivity index (χ4n) is 4.97. The van der Waals surface area contributed by atoms with Crippen LogP contribution in [0.4, 0.5) is 4.39 Å². The summed E-state index contributed by atoms with van der Waals surface area (Å²) < 4.78 is 25.1. The summed E-state index contributed by atoms with van der Waals surface area (Å²) in [6.45, 7) is 6.97. The number of carbonyl (C=O) groups is 3. The molecule has 3 heterocycles. The van der Waals surface area contributed by atoms with Crippen molar-refractivity contribution in [3.05, 3.63) is 63.7 Å². The van der Waals surface area contributed by atoms with Crippen LogP contribution in [0.1, 0.15) is 45.3 Å². The topological polar surface area (TPSA) is 112 Å². The van der Waals surface area contributed by atoms with Crippen molar-refractivity contribution in [3.63, 3.8) is 0 Å². The second kappa shape index (κ2) is 10.6. The number of nitrogens with zero attached hydrogens (tertiary/aromatic N) is 2. The number of halogens is 1. The molecule has 0 radical (unpaired) electrons. The number of carbonyl (C=O) groups excluding carboxylic acids is 3. The lowest BCUT2D eigenvalue weighted by molar-refractivity contribution is -0.140. The molecule has 2 N–H and O–H groups in total. The van der Waals surface area contributed by atoms with Crippen LogP contribution in [-0.4, -0.2) is 84.1 Å². The van der Waals surface area contributed by atoms with Gasteiger partial charge in [-0.05, 0) is 31.9 Å². The van der Waals surface area contributed by atoms with Gasteiger partial charge in [-0.25, -0.2) is 9.18 Å². The minimum atomic E-state index is -1.11. The molecular formula is C26H30FN3O6. The molecule has 1 atom stereocenters. The number of methoxy groups -OCH3 is 1. The average molecular weight is 500 g/mol. The number of hydrogen-bond donors (Lipinski definition) is 2. The number of amides is 1. The largest absolute Gasteiger partial charge is 0.507 e. The number of aromatic nitrogens is 1. The monoisotopic (exact) mass is 499 g/mol. The summed E-state index contributed by atoms with van der Waals surface area (Å²) in [5.41, 5.74) is 1.02. The number of aryl methyl sites for hydroxylation is 1. The minimum absolute atomic E-state index is 0.114. The number of aromatic amines is 1. The number of Topliss-reactive ketones (excluding diaryl/α,β-unsaturated/α-hetero) is 1. The van der Waals surface area contributed by atoms with Crippen LogP contribution in [0.2, 0.25) is 0 Å². The van der Waals surface area contributed by atoms with Crippen molar-refractivity contribution in [1.82, 2.24) is 14.8 Å². The Kier molecular flexibility index (Phi) is 7.56. The number of ether oxygens (including phenoxy) is 2. The molecule has 36 heavy (non-hydrogen) atoms. The van der Waals surface area contributed by atoms with Gasteiger partial charge in [0, 0.05) is 43.0 Å². The van der Waals surface area contributed by atoms with Crippen LogP contribution in [-0.2, 0) is 19.1 Å². The lowest BCUT2D eigenvalue weighted by atomic mass is 9.93. The summed E-state index contributed by atoms with van der Waals surface area (Å²) in [5, 5.41) is 11.4. The Morgan fingerprint density at radius 2 is 1.89 bits per heavy atom. The van der Waals surface area contributed by atoms with Crippen LogP contribution in [0.25, 0.3) is 5.76 Å². The van der Waals surface area contributed by atoms with Gasteiger partial charge in [0.05, 0.1) is 31.9 Å². The Balaban J connectivity index is 1.76. The van der Waals surface area contributed by atoms with Gasteiger partial charge in [0.25, 0.3) is 11.7 Å². The van der Waals surface area contributed by atoms with Crippen LogP contribution >= 0.6 is 0 Å². The number of ketones is 1. The standard InChI is InChI=1S/C26H30FN3O6/c1-15-19(16(2)28-21(15)26(34)35-3)23(31)20-22(17-7-4-5-8-18(17)27)30(25(33)24(20)32)10-6-9-29-11-13-36-14-12-29/h4-5,7-8,22,28,31H,6,9-14H2,1-3H3/t22-/m1/s1. The maximum Gasteiger partial charge on any atom is 0.354 e. The van der Waals surface area contributed by atoms with E-state index in [9.17, 15) is 23.9 Å². The highest BCUT2D eigenvalue weighted by Crippen LogP contribution is 2.41. The number of hydrogen-bond acceptors (Lipinski definition) is 7. The predicted octanol–water partition coefficient (Wildman–Crippen LogP) is 2.70. The quantitative estimate of drug-likeness (QED) is 0.261. The van der Waals surface area contributed by atoms with Crippen molar-refractivity contribution in [2.45, 2.75) is 26.3 Å². The number of rotatable bonds is 7. The van der Waals surface area contributed by atoms with E-state index in [1.165, 1.54) is 30.2 Å². The van der Waals surface area contributed by atoms with Crippen molar-refractivity contribution >= 4 is 23.4 Å². The molecule has 2 aliphatic heterocycles. The lowest BCUT2D eigenvalue weighted by Crippen LogP contribution is -2.39. The number of aliphatic hydroxyl groups excluding tert-OH is 1. The van der Waals surface area contributed by atoms with Crippen molar-refractivity contribution in [2.24, 2.45) is 0 Å². The minimum Gasteiger partial charge on any atom is -0.507 e. The second-order valence-corrected chi connectivity index (χ2v) is 8.94. The number of esters is 1. The van der Waals surface area contributed by atoms with Gasteiger partial charge < -0.3 is 24.5 Å². The van der Waals surface area contributed by atoms with Gasteiger partial charge in [0.1, 0.15) is 17.3 Å². The Morgan fingerprint density at radius 3 is 2.56 bits per heavy atom. The molecule has 2 aliphatic rings. The van der Waals surface area contributed by atoms with Crippen LogP contribution in [0.15, 0.2) is 29.8 Å². The zero-order valence-electron chi connectivity index (χ0n) is 20.6. The van der Waals surface area contributed by atoms with Gasteiger partial charge in [-0.2, -0.15) is 0 Å². The average Bonchev–Trinajstić information content (AvgIpc) is 3.31. The third-order valence-electron chi connectivity index (χ3n) is 6.78. The second-order valence-electron chi connectivity index (χ2n) is 8.94. The van der Waals surface area contributed by atoms with E-state index in [1.54, 1.807) is 19.9 Å². The lowest BCUT2D eigenvalue weighted by Gasteiger charge is -2.29. The fraction of sp³-hybridized carbons (Fsp3) is 0.423. The molecule has 2 aromatic rings. The molecule has 0 saturated carbocycles. The van der Waals surface area contributed by atoms with Crippen molar-refractivity contribution in [2.75, 3.05) is 46.5 Å². The molecular weight excluding hydrogens is 469 g/mol. The van der Waals surface area contributed by atoms with E-state index in [0.29, 0.717) is 37.4 Å². The molecule has 0 bridgehead atoms. The van der Waals surface area contributed by atoms with Crippen LogP contribution < -0.4 is 0 Å². The Hall–Kier alpha value is -3.50. The Bertz CT molecular complexity index is 1210. The van der Waals surface area contributed by atoms with Crippen LogP contribution in [0, 0.1) is 19.7 Å². The van der Waals surface area contributed by atoms with Gasteiger partial charge in [-0.1, -0.05) is 18.2 Å². The first-order valence-corrected chi connectivity index (χ1v) is 11.9. The summed E-state index contributed by atoms with van der Waals surface area (Å²) in [7, 11) is 1.23. The van der Waals surface area contributed by atoms with Crippen molar-refractivity contribution in [3.8, 4) is 0 Å². The molecule has 9 nitrogen and oxygen atoms in total. The molecule has 1 aromatic heterocycles. The number of nitrogens with one attached hydrogen (secondary N) is 1. The first kappa shape index (κ1) is 25.6. The van der Waals surface area contributed by atoms with Gasteiger partial charge >= 0.3 is 5.97 Å². The molecule has 1 aromatic carbocycles. The molecule has 192 valence electrons. The predicted molar refractivity (Wildman–Crippen MR) is 129 cm³/mol. The molecule has 1 amide bonds. The summed E-state index contributed by atoms with van der Waals surface area (Å²) in [4.78, 5) is 45.0. The summed E-state index contributed by atoms with van der Waals surface area (Å²) >= 11 is 0. The Labute approximate surface area is 208 Å². The van der Waals surface area contributed by atoms with Crippen molar-refractivity contribution in [1.29, 1.82) is 0 Å². The maximum atomic E-state index is 15.0. The highest BCUT2D eigenvalue weighted by atomic mass is 19.1. The molecule has 10 heteroatoms. The molecule has 4 rings (SSSR count). The van der Waals surface area contributed by atoms with E-state index in [-0.39, 0.29) is 28.9 Å². The highest BCUT2D eigenvalue weighted by Gasteiger charge is 2.47. The first-order chi connectivity index (χ1) is 17.3. The van der Waals surface area contributed by atoms with E-state index in [4.69, 9.17) is 9.47 Å². The molecule has 0 spiro atoms. The SMILES string of the molecule is COC(=O)c1[nH]c(C)c(C(O)=C2C(=O)C(=O)N(CCCN3CCOCC3)[C@@H]2c2ccccc2F)c1C. The van der Waals surface area contributed by atoms with E-state index in [2.05, 4.69) is 9.88 Å². The molecule has 2 saturated heterocycles. The number of aliphatic hydroxyl groups is 1. The zero-order chi connectivity index (χ0) is 26.0. The Morgan fingerprint density at radius 1 is 1.19 bits per heavy atom. The fourth-order valence-corrected chi connectivity index (χ4v) is 4.97. The number of likely N-dealkylation sites (tertiary alicyclic amines) is 1. The van der Waals surface area contributed by atoms with Gasteiger partial charge in [0.2, 0.25) is 0 Å². The van der Waals surface area contributed by atoms with Crippen LogP contribution in [0.5, 0.6) is 0 Å². The van der Waals surface area contributed by atoms with E-state index < -0.39 is 35.3 Å². The number of H-pyrrole nitrogens is 1. The third-order valence-corrected chi connectivity index (χ3v) is 6.78. The van der Waals surface area contributed by atoms with E-state index in [0.717, 1.165) is 13.1 Å². The smallest absolute Gasteiger partial charge is 0.354 e. The zero-order valence-corrected chi connectivity index (χ0v) is 20.6. The van der Waals surface area contributed by atoms with Crippen LogP contribution in [0.3, 0.4) is 0 Å². The summed E-state index contributed by atoms with van der Waals surface area (Å²) in [6, 6.07) is 4.79. The third kappa shape index (κ3) is 4.66. The maximum absolute atomic E-state index is 15.0.